The van der Waals surface area contributed by atoms with Crippen molar-refractivity contribution in [3.05, 3.63) is 59.4 Å². The lowest BCUT2D eigenvalue weighted by atomic mass is 10.0. The summed E-state index contributed by atoms with van der Waals surface area (Å²) in [7, 11) is 0. The average Bonchev–Trinajstić information content (AvgIpc) is 3.01. The van der Waals surface area contributed by atoms with E-state index < -0.39 is 0 Å². The molecule has 0 spiro atoms. The lowest BCUT2D eigenvalue weighted by Crippen LogP contribution is -2.31. The minimum Gasteiger partial charge on any atom is -0.508 e. The Bertz CT molecular complexity index is 944. The second-order valence-electron chi connectivity index (χ2n) is 6.01. The molecule has 1 amide bonds. The summed E-state index contributed by atoms with van der Waals surface area (Å²) in [5.41, 5.74) is 6.37. The molecule has 1 aliphatic rings. The number of H-pyrrole nitrogens is 1. The maximum Gasteiger partial charge on any atom is 0.253 e. The highest BCUT2D eigenvalue weighted by Crippen LogP contribution is 2.29. The molecule has 0 bridgehead atoms. The quantitative estimate of drug-likeness (QED) is 0.679. The fraction of sp³-hybridized carbons (Fsp3) is 0.158. The molecule has 0 aliphatic carbocycles. The van der Waals surface area contributed by atoms with Gasteiger partial charge >= 0.3 is 0 Å². The van der Waals surface area contributed by atoms with E-state index in [-0.39, 0.29) is 11.7 Å². The second kappa shape index (κ2) is 5.53. The molecular formula is C19H17N3O2. The molecule has 0 fully saturated rings. The predicted octanol–water partition coefficient (Wildman–Crippen LogP) is 3.04. The zero-order valence-corrected chi connectivity index (χ0v) is 13.3. The van der Waals surface area contributed by atoms with Crippen molar-refractivity contribution in [2.75, 3.05) is 6.54 Å². The molecular weight excluding hydrogens is 302 g/mol. The molecule has 0 radical (unpaired) electrons. The van der Waals surface area contributed by atoms with E-state index in [0.717, 1.165) is 45.8 Å². The Morgan fingerprint density at radius 2 is 2.00 bits per heavy atom. The third-order valence-corrected chi connectivity index (χ3v) is 4.36. The molecule has 3 aromatic rings. The number of benzene rings is 1. The van der Waals surface area contributed by atoms with Crippen molar-refractivity contribution in [1.29, 1.82) is 0 Å². The molecule has 3 N–H and O–H groups in total. The number of amides is 1. The Morgan fingerprint density at radius 3 is 2.79 bits per heavy atom. The van der Waals surface area contributed by atoms with Crippen molar-refractivity contribution in [2.24, 2.45) is 0 Å². The number of hydrogen-bond donors (Lipinski definition) is 3. The van der Waals surface area contributed by atoms with Gasteiger partial charge in [0, 0.05) is 41.7 Å². The number of pyridine rings is 1. The molecule has 1 aliphatic heterocycles. The summed E-state index contributed by atoms with van der Waals surface area (Å²) >= 11 is 0. The van der Waals surface area contributed by atoms with Gasteiger partial charge in [-0.2, -0.15) is 0 Å². The van der Waals surface area contributed by atoms with Crippen molar-refractivity contribution in [3.63, 3.8) is 0 Å². The van der Waals surface area contributed by atoms with Crippen molar-refractivity contribution in [2.45, 2.75) is 13.3 Å². The highest BCUT2D eigenvalue weighted by Gasteiger charge is 2.20. The number of aromatic hydroxyl groups is 1. The van der Waals surface area contributed by atoms with E-state index in [1.165, 1.54) is 0 Å². The molecule has 3 heterocycles. The van der Waals surface area contributed by atoms with Crippen LogP contribution in [0.3, 0.4) is 0 Å². The monoisotopic (exact) mass is 319 g/mol. The highest BCUT2D eigenvalue weighted by atomic mass is 16.3. The van der Waals surface area contributed by atoms with Crippen LogP contribution in [0, 0.1) is 6.92 Å². The number of carbonyl (C=O) groups is 1. The summed E-state index contributed by atoms with van der Waals surface area (Å²) in [4.78, 5) is 19.7. The number of aryl methyl sites for hydroxylation is 1. The van der Waals surface area contributed by atoms with E-state index in [1.54, 1.807) is 18.3 Å². The summed E-state index contributed by atoms with van der Waals surface area (Å²) in [6, 6.07) is 11.1. The van der Waals surface area contributed by atoms with Crippen LogP contribution >= 0.6 is 0 Å². The zero-order chi connectivity index (χ0) is 16.7. The fourth-order valence-electron chi connectivity index (χ4n) is 3.13. The number of aromatic nitrogens is 2. The number of phenolic OH excluding ortho intramolecular Hbond substituents is 1. The molecule has 0 atom stereocenters. The van der Waals surface area contributed by atoms with E-state index >= 15 is 0 Å². The third kappa shape index (κ3) is 2.44. The van der Waals surface area contributed by atoms with Gasteiger partial charge in [0.05, 0.1) is 11.3 Å². The Balaban J connectivity index is 1.77. The summed E-state index contributed by atoms with van der Waals surface area (Å²) in [6.45, 7) is 2.61. The molecule has 0 saturated carbocycles. The summed E-state index contributed by atoms with van der Waals surface area (Å²) in [5.74, 6) is 0.220. The highest BCUT2D eigenvalue weighted by molar-refractivity contribution is 5.97. The largest absolute Gasteiger partial charge is 0.508 e. The van der Waals surface area contributed by atoms with Crippen LogP contribution in [0.1, 0.15) is 21.6 Å². The summed E-state index contributed by atoms with van der Waals surface area (Å²) < 4.78 is 0. The first-order valence-corrected chi connectivity index (χ1v) is 7.88. The van der Waals surface area contributed by atoms with Gasteiger partial charge in [0.25, 0.3) is 5.91 Å². The van der Waals surface area contributed by atoms with Crippen molar-refractivity contribution >= 4 is 5.91 Å². The van der Waals surface area contributed by atoms with Gasteiger partial charge < -0.3 is 15.4 Å². The number of phenols is 1. The molecule has 0 unspecified atom stereocenters. The van der Waals surface area contributed by atoms with Crippen molar-refractivity contribution < 1.29 is 9.90 Å². The lowest BCUT2D eigenvalue weighted by molar-refractivity contribution is 0.0946. The SMILES string of the molecule is Cc1cc(O)ccc1-c1cc(-c2cc3c([nH]2)CCNC3=O)ccn1. The van der Waals surface area contributed by atoms with Crippen LogP contribution in [0.15, 0.2) is 42.6 Å². The number of rotatable bonds is 2. The number of fused-ring (bicyclic) bond motifs is 1. The van der Waals surface area contributed by atoms with Crippen LogP contribution in [0.2, 0.25) is 0 Å². The number of nitrogens with one attached hydrogen (secondary N) is 2. The normalized spacial score (nSPS) is 13.5. The summed E-state index contributed by atoms with van der Waals surface area (Å²) in [5, 5.41) is 12.4. The van der Waals surface area contributed by atoms with Crippen LogP contribution < -0.4 is 5.32 Å². The van der Waals surface area contributed by atoms with E-state index in [2.05, 4.69) is 15.3 Å². The van der Waals surface area contributed by atoms with Crippen LogP contribution in [-0.4, -0.2) is 27.5 Å². The lowest BCUT2D eigenvalue weighted by Gasteiger charge is -2.11. The van der Waals surface area contributed by atoms with Crippen LogP contribution in [0.25, 0.3) is 22.5 Å². The maximum atomic E-state index is 11.9. The molecule has 120 valence electrons. The molecule has 1 aromatic carbocycles. The van der Waals surface area contributed by atoms with E-state index in [9.17, 15) is 9.90 Å². The van der Waals surface area contributed by atoms with Gasteiger partial charge in [0.2, 0.25) is 0 Å². The molecule has 24 heavy (non-hydrogen) atoms. The Labute approximate surface area is 139 Å². The smallest absolute Gasteiger partial charge is 0.253 e. The molecule has 5 heteroatoms. The number of hydrogen-bond acceptors (Lipinski definition) is 3. The van der Waals surface area contributed by atoms with Crippen LogP contribution in [0.5, 0.6) is 5.75 Å². The standard InChI is InChI=1S/C19H17N3O2/c1-11-8-13(23)2-3-14(11)18-9-12(4-6-20-18)17-10-15-16(22-17)5-7-21-19(15)24/h2-4,6,8-10,22-23H,5,7H2,1H3,(H,21,24). The van der Waals surface area contributed by atoms with E-state index in [1.807, 2.05) is 31.2 Å². The minimum absolute atomic E-state index is 0.0255. The van der Waals surface area contributed by atoms with Crippen LogP contribution in [0.4, 0.5) is 0 Å². The minimum atomic E-state index is -0.0255. The predicted molar refractivity (Wildman–Crippen MR) is 91.9 cm³/mol. The van der Waals surface area contributed by atoms with Gasteiger partial charge in [-0.15, -0.1) is 0 Å². The fourth-order valence-corrected chi connectivity index (χ4v) is 3.13. The first-order chi connectivity index (χ1) is 11.6. The van der Waals surface area contributed by atoms with Gasteiger partial charge in [0.15, 0.2) is 0 Å². The van der Waals surface area contributed by atoms with Gasteiger partial charge in [-0.25, -0.2) is 0 Å². The summed E-state index contributed by atoms with van der Waals surface area (Å²) in [6.07, 6.45) is 2.58. The van der Waals surface area contributed by atoms with E-state index in [0.29, 0.717) is 6.54 Å². The van der Waals surface area contributed by atoms with Gasteiger partial charge in [0.1, 0.15) is 5.75 Å². The Hall–Kier alpha value is -3.08. The number of carbonyl (C=O) groups excluding carboxylic acids is 1. The second-order valence-corrected chi connectivity index (χ2v) is 6.01. The molecule has 0 saturated heterocycles. The Kier molecular flexibility index (Phi) is 3.34. The number of aromatic amines is 1. The zero-order valence-electron chi connectivity index (χ0n) is 13.3. The van der Waals surface area contributed by atoms with Gasteiger partial charge in [-0.1, -0.05) is 0 Å². The van der Waals surface area contributed by atoms with Gasteiger partial charge in [-0.3, -0.25) is 9.78 Å². The molecule has 4 rings (SSSR count). The maximum absolute atomic E-state index is 11.9. The Morgan fingerprint density at radius 1 is 1.12 bits per heavy atom. The van der Waals surface area contributed by atoms with E-state index in [4.69, 9.17) is 0 Å². The first kappa shape index (κ1) is 14.5. The third-order valence-electron chi connectivity index (χ3n) is 4.36. The first-order valence-electron chi connectivity index (χ1n) is 7.88. The molecule has 5 nitrogen and oxygen atoms in total. The average molecular weight is 319 g/mol. The molecule has 2 aromatic heterocycles. The topological polar surface area (TPSA) is 78.0 Å². The van der Waals surface area contributed by atoms with Crippen molar-refractivity contribution in [1.82, 2.24) is 15.3 Å². The number of nitrogens with zero attached hydrogens (tertiary/aromatic N) is 1. The van der Waals surface area contributed by atoms with Crippen LogP contribution in [-0.2, 0) is 6.42 Å². The van der Waals surface area contributed by atoms with Crippen molar-refractivity contribution in [3.8, 4) is 28.3 Å². The van der Waals surface area contributed by atoms with Gasteiger partial charge in [-0.05, 0) is 48.9 Å².